The average molecular weight is 247 g/mol. The van der Waals surface area contributed by atoms with Crippen LogP contribution in [0.15, 0.2) is 12.1 Å². The Kier molecular flexibility index (Phi) is 3.65. The first kappa shape index (κ1) is 12.6. The normalized spacial score (nSPS) is 13.9. The van der Waals surface area contributed by atoms with Crippen LogP contribution in [0.3, 0.4) is 0 Å². The summed E-state index contributed by atoms with van der Waals surface area (Å²) in [5, 5.41) is 11.5. The Balaban J connectivity index is 2.12. The van der Waals surface area contributed by atoms with E-state index in [-0.39, 0.29) is 12.3 Å². The minimum atomic E-state index is -0.752. The van der Waals surface area contributed by atoms with E-state index in [4.69, 9.17) is 5.11 Å². The van der Waals surface area contributed by atoms with Crippen molar-refractivity contribution >= 4 is 17.6 Å². The Labute approximate surface area is 106 Å². The van der Waals surface area contributed by atoms with Crippen molar-refractivity contribution < 1.29 is 14.7 Å². The Morgan fingerprint density at radius 3 is 2.89 bits per heavy atom. The predicted molar refractivity (Wildman–Crippen MR) is 68.7 cm³/mol. The first-order valence-electron chi connectivity index (χ1n) is 6.20. The molecule has 0 fully saturated rings. The number of carbonyl (C=O) groups is 2. The molecule has 0 unspecified atom stereocenters. The maximum atomic E-state index is 11.3. The van der Waals surface area contributed by atoms with Gasteiger partial charge in [-0.3, -0.25) is 9.59 Å². The third-order valence-corrected chi connectivity index (χ3v) is 3.29. The highest BCUT2D eigenvalue weighted by Crippen LogP contribution is 2.27. The molecular formula is C14H17NO3. The van der Waals surface area contributed by atoms with Crippen molar-refractivity contribution in [3.8, 4) is 0 Å². The smallest absolute Gasteiger partial charge is 0.303 e. The van der Waals surface area contributed by atoms with Crippen LogP contribution in [0.1, 0.15) is 36.0 Å². The number of nitrogens with one attached hydrogen (secondary N) is 1. The number of hydrogen-bond acceptors (Lipinski definition) is 2. The molecule has 0 aromatic heterocycles. The van der Waals surface area contributed by atoms with Gasteiger partial charge in [0.05, 0.1) is 0 Å². The zero-order chi connectivity index (χ0) is 13.1. The minimum absolute atomic E-state index is 0.0699. The highest BCUT2D eigenvalue weighted by molar-refractivity contribution is 5.94. The van der Waals surface area contributed by atoms with E-state index in [1.54, 1.807) is 0 Å². The van der Waals surface area contributed by atoms with Gasteiger partial charge in [0.1, 0.15) is 0 Å². The molecule has 2 rings (SSSR count). The maximum absolute atomic E-state index is 11.3. The second-order valence-corrected chi connectivity index (χ2v) is 4.73. The van der Waals surface area contributed by atoms with Gasteiger partial charge in [0.15, 0.2) is 0 Å². The Morgan fingerprint density at radius 1 is 1.39 bits per heavy atom. The van der Waals surface area contributed by atoms with Crippen molar-refractivity contribution in [2.75, 3.05) is 5.32 Å². The van der Waals surface area contributed by atoms with Crippen molar-refractivity contribution in [1.29, 1.82) is 0 Å². The first-order chi connectivity index (χ1) is 8.56. The van der Waals surface area contributed by atoms with E-state index in [9.17, 15) is 9.59 Å². The van der Waals surface area contributed by atoms with Gasteiger partial charge in [-0.25, -0.2) is 0 Å². The Bertz CT molecular complexity index is 494. The summed E-state index contributed by atoms with van der Waals surface area (Å²) in [6.45, 7) is 2.00. The summed E-state index contributed by atoms with van der Waals surface area (Å²) < 4.78 is 0. The van der Waals surface area contributed by atoms with E-state index in [2.05, 4.69) is 11.4 Å². The lowest BCUT2D eigenvalue weighted by atomic mass is 9.94. The van der Waals surface area contributed by atoms with Gasteiger partial charge in [0, 0.05) is 18.5 Å². The second-order valence-electron chi connectivity index (χ2n) is 4.73. The van der Waals surface area contributed by atoms with Crippen LogP contribution in [0.25, 0.3) is 0 Å². The molecule has 4 heteroatoms. The quantitative estimate of drug-likeness (QED) is 0.857. The number of anilines is 1. The molecule has 4 nitrogen and oxygen atoms in total. The SMILES string of the molecule is Cc1cc2c(cc1CCCC(=O)O)CCC(=O)N2. The summed E-state index contributed by atoms with van der Waals surface area (Å²) in [4.78, 5) is 21.8. The molecule has 96 valence electrons. The molecule has 1 aliphatic rings. The van der Waals surface area contributed by atoms with Gasteiger partial charge >= 0.3 is 5.97 Å². The van der Waals surface area contributed by atoms with Crippen molar-refractivity contribution in [2.45, 2.75) is 39.0 Å². The van der Waals surface area contributed by atoms with Gasteiger partial charge in [-0.05, 0) is 48.9 Å². The number of carbonyl (C=O) groups excluding carboxylic acids is 1. The molecule has 0 radical (unpaired) electrons. The molecule has 0 spiro atoms. The number of hydrogen-bond donors (Lipinski definition) is 2. The van der Waals surface area contributed by atoms with E-state index >= 15 is 0 Å². The Hall–Kier alpha value is -1.84. The van der Waals surface area contributed by atoms with E-state index in [0.717, 1.165) is 29.7 Å². The van der Waals surface area contributed by atoms with Crippen molar-refractivity contribution in [1.82, 2.24) is 0 Å². The van der Waals surface area contributed by atoms with Crippen LogP contribution < -0.4 is 5.32 Å². The second kappa shape index (κ2) is 5.21. The average Bonchev–Trinajstić information content (AvgIpc) is 2.29. The number of fused-ring (bicyclic) bond motifs is 1. The fourth-order valence-electron chi connectivity index (χ4n) is 2.29. The molecule has 0 aliphatic carbocycles. The van der Waals surface area contributed by atoms with Crippen LogP contribution >= 0.6 is 0 Å². The monoisotopic (exact) mass is 247 g/mol. The highest BCUT2D eigenvalue weighted by atomic mass is 16.4. The summed E-state index contributed by atoms with van der Waals surface area (Å²) >= 11 is 0. The lowest BCUT2D eigenvalue weighted by Gasteiger charge is -2.19. The Morgan fingerprint density at radius 2 is 2.17 bits per heavy atom. The first-order valence-corrected chi connectivity index (χ1v) is 6.20. The summed E-state index contributed by atoms with van der Waals surface area (Å²) in [7, 11) is 0. The summed E-state index contributed by atoms with van der Waals surface area (Å²) in [5.41, 5.74) is 4.36. The molecule has 1 aliphatic heterocycles. The maximum Gasteiger partial charge on any atom is 0.303 e. The zero-order valence-corrected chi connectivity index (χ0v) is 10.5. The summed E-state index contributed by atoms with van der Waals surface area (Å²) in [6.07, 6.45) is 2.94. The lowest BCUT2D eigenvalue weighted by Crippen LogP contribution is -2.19. The third-order valence-electron chi connectivity index (χ3n) is 3.29. The van der Waals surface area contributed by atoms with E-state index in [1.165, 1.54) is 5.56 Å². The number of carboxylic acid groups (broad SMARTS) is 1. The predicted octanol–water partition coefficient (Wildman–Crippen LogP) is 2.29. The molecule has 18 heavy (non-hydrogen) atoms. The van der Waals surface area contributed by atoms with Gasteiger partial charge in [-0.15, -0.1) is 0 Å². The van der Waals surface area contributed by atoms with E-state index in [0.29, 0.717) is 12.8 Å². The number of carboxylic acids is 1. The lowest BCUT2D eigenvalue weighted by molar-refractivity contribution is -0.137. The van der Waals surface area contributed by atoms with Crippen LogP contribution in [-0.4, -0.2) is 17.0 Å². The number of aryl methyl sites for hydroxylation is 3. The molecule has 1 aromatic carbocycles. The molecule has 1 amide bonds. The van der Waals surface area contributed by atoms with Crippen LogP contribution in [0, 0.1) is 6.92 Å². The van der Waals surface area contributed by atoms with Crippen molar-refractivity contribution in [3.63, 3.8) is 0 Å². The van der Waals surface area contributed by atoms with Crippen LogP contribution in [0.5, 0.6) is 0 Å². The van der Waals surface area contributed by atoms with Gasteiger partial charge in [-0.2, -0.15) is 0 Å². The molecular weight excluding hydrogens is 230 g/mol. The molecule has 1 aromatic rings. The van der Waals surface area contributed by atoms with E-state index in [1.807, 2.05) is 13.0 Å². The largest absolute Gasteiger partial charge is 0.481 e. The number of benzene rings is 1. The molecule has 0 saturated carbocycles. The summed E-state index contributed by atoms with van der Waals surface area (Å²) in [6, 6.07) is 4.09. The van der Waals surface area contributed by atoms with Crippen LogP contribution in [0.2, 0.25) is 0 Å². The van der Waals surface area contributed by atoms with Gasteiger partial charge in [0.2, 0.25) is 5.91 Å². The number of aliphatic carboxylic acids is 1. The number of rotatable bonds is 4. The van der Waals surface area contributed by atoms with Crippen LogP contribution in [0.4, 0.5) is 5.69 Å². The summed E-state index contributed by atoms with van der Waals surface area (Å²) in [5.74, 6) is -0.682. The fourth-order valence-corrected chi connectivity index (χ4v) is 2.29. The van der Waals surface area contributed by atoms with Gasteiger partial charge < -0.3 is 10.4 Å². The van der Waals surface area contributed by atoms with Gasteiger partial charge in [0.25, 0.3) is 0 Å². The van der Waals surface area contributed by atoms with Crippen molar-refractivity contribution in [2.24, 2.45) is 0 Å². The third kappa shape index (κ3) is 2.88. The molecule has 0 atom stereocenters. The van der Waals surface area contributed by atoms with Gasteiger partial charge in [-0.1, -0.05) is 6.07 Å². The highest BCUT2D eigenvalue weighted by Gasteiger charge is 2.16. The fraction of sp³-hybridized carbons (Fsp3) is 0.429. The zero-order valence-electron chi connectivity index (χ0n) is 10.5. The molecule has 0 bridgehead atoms. The standard InChI is InChI=1S/C14H17NO3/c1-9-7-12-11(5-6-13(16)15-12)8-10(9)3-2-4-14(17)18/h7-8H,2-6H2,1H3,(H,15,16)(H,17,18). The molecule has 1 heterocycles. The minimum Gasteiger partial charge on any atom is -0.481 e. The molecule has 0 saturated heterocycles. The topological polar surface area (TPSA) is 66.4 Å². The number of amides is 1. The van der Waals surface area contributed by atoms with E-state index < -0.39 is 5.97 Å². The van der Waals surface area contributed by atoms with Crippen LogP contribution in [-0.2, 0) is 22.4 Å². The molecule has 2 N–H and O–H groups in total. The van der Waals surface area contributed by atoms with Crippen molar-refractivity contribution in [3.05, 3.63) is 28.8 Å².